The average molecular weight is 443 g/mol. The Kier molecular flexibility index (Phi) is 4.58. The zero-order valence-electron chi connectivity index (χ0n) is 20.3. The van der Waals surface area contributed by atoms with Crippen molar-refractivity contribution >= 4 is 0 Å². The van der Waals surface area contributed by atoms with E-state index in [9.17, 15) is 10.2 Å². The molecular weight excluding hydrogens is 400 g/mol. The number of allylic oxidation sites excluding steroid dienone is 2. The smallest absolute Gasteiger partial charge is 0.165 e. The maximum atomic E-state index is 11.5. The van der Waals surface area contributed by atoms with Crippen molar-refractivity contribution in [3.8, 4) is 0 Å². The van der Waals surface area contributed by atoms with Crippen molar-refractivity contribution < 1.29 is 19.7 Å². The lowest BCUT2D eigenvalue weighted by Crippen LogP contribution is -2.61. The SMILES string of the molecule is C=C(CCC1(C)OC2OC34C=C[C@H]5CC(O)CCC5(C)C3CCC23C1CC(O)C43)C(C)C. The lowest BCUT2D eigenvalue weighted by molar-refractivity contribution is -0.219. The van der Waals surface area contributed by atoms with Crippen LogP contribution in [0.4, 0.5) is 0 Å². The first-order valence-corrected chi connectivity index (χ1v) is 13.2. The minimum absolute atomic E-state index is 0.0639. The van der Waals surface area contributed by atoms with Gasteiger partial charge in [0.2, 0.25) is 0 Å². The molecule has 0 aromatic carbocycles. The summed E-state index contributed by atoms with van der Waals surface area (Å²) in [6, 6.07) is 0. The van der Waals surface area contributed by atoms with E-state index in [2.05, 4.69) is 46.4 Å². The highest BCUT2D eigenvalue weighted by Gasteiger charge is 2.82. The van der Waals surface area contributed by atoms with Crippen molar-refractivity contribution in [3.63, 3.8) is 0 Å². The summed E-state index contributed by atoms with van der Waals surface area (Å²) in [4.78, 5) is 0. The summed E-state index contributed by atoms with van der Waals surface area (Å²) in [6.45, 7) is 13.4. The van der Waals surface area contributed by atoms with E-state index in [4.69, 9.17) is 9.47 Å². The third kappa shape index (κ3) is 2.48. The monoisotopic (exact) mass is 442 g/mol. The molecule has 0 aromatic rings. The van der Waals surface area contributed by atoms with Crippen LogP contribution in [0.5, 0.6) is 0 Å². The van der Waals surface area contributed by atoms with E-state index in [1.54, 1.807) is 0 Å². The summed E-state index contributed by atoms with van der Waals surface area (Å²) in [7, 11) is 0. The third-order valence-corrected chi connectivity index (χ3v) is 11.4. The van der Waals surface area contributed by atoms with Crippen LogP contribution in [0.1, 0.15) is 79.1 Å². The summed E-state index contributed by atoms with van der Waals surface area (Å²) in [5, 5.41) is 21.9. The molecular formula is C28H42O4. The molecule has 6 aliphatic rings. The molecule has 6 rings (SSSR count). The van der Waals surface area contributed by atoms with Crippen molar-refractivity contribution in [1.82, 2.24) is 0 Å². The van der Waals surface area contributed by atoms with Crippen LogP contribution in [0.3, 0.4) is 0 Å². The second-order valence-electron chi connectivity index (χ2n) is 13.0. The molecule has 10 unspecified atom stereocenters. The highest BCUT2D eigenvalue weighted by Crippen LogP contribution is 2.78. The quantitative estimate of drug-likeness (QED) is 0.602. The van der Waals surface area contributed by atoms with E-state index in [1.165, 1.54) is 5.57 Å². The average Bonchev–Trinajstić information content (AvgIpc) is 3.24. The summed E-state index contributed by atoms with van der Waals surface area (Å²) >= 11 is 0. The molecule has 2 bridgehead atoms. The minimum Gasteiger partial charge on any atom is -0.393 e. The summed E-state index contributed by atoms with van der Waals surface area (Å²) < 4.78 is 13.9. The highest BCUT2D eigenvalue weighted by molar-refractivity contribution is 5.34. The predicted octanol–water partition coefficient (Wildman–Crippen LogP) is 4.99. The molecule has 2 aliphatic heterocycles. The molecule has 2 saturated heterocycles. The number of aliphatic hydroxyl groups is 2. The second kappa shape index (κ2) is 6.71. The first-order valence-electron chi connectivity index (χ1n) is 13.2. The number of ether oxygens (including phenoxy) is 2. The van der Waals surface area contributed by atoms with Gasteiger partial charge in [-0.2, -0.15) is 0 Å². The van der Waals surface area contributed by atoms with E-state index in [0.29, 0.717) is 23.7 Å². The summed E-state index contributed by atoms with van der Waals surface area (Å²) in [5.41, 5.74) is 0.685. The van der Waals surface area contributed by atoms with Gasteiger partial charge in [-0.25, -0.2) is 0 Å². The standard InChI is InChI=1S/C28H42O4/c1-16(2)17(3)6-11-26(5)22-15-20(30)23-27(22)12-9-21-25(4)10-8-19(29)14-18(25)7-13-28(21,23)32-24(27)31-26/h7,13,16,18-24,29-30H,3,6,8-12,14-15H2,1-2,4-5H3/t18-,19?,20?,21?,22?,23?,24?,25?,26?,27?,28?/m0/s1. The van der Waals surface area contributed by atoms with Gasteiger partial charge in [0.15, 0.2) is 6.29 Å². The number of aliphatic hydroxyl groups excluding tert-OH is 2. The number of fused-ring (bicyclic) bond motifs is 2. The van der Waals surface area contributed by atoms with Gasteiger partial charge in [0.05, 0.1) is 23.4 Å². The molecule has 4 nitrogen and oxygen atoms in total. The fraction of sp³-hybridized carbons (Fsp3) is 0.857. The molecule has 5 fully saturated rings. The predicted molar refractivity (Wildman–Crippen MR) is 124 cm³/mol. The van der Waals surface area contributed by atoms with Gasteiger partial charge >= 0.3 is 0 Å². The van der Waals surface area contributed by atoms with E-state index in [-0.39, 0.29) is 40.8 Å². The number of hydrogen-bond donors (Lipinski definition) is 2. The molecule has 0 radical (unpaired) electrons. The van der Waals surface area contributed by atoms with E-state index in [1.807, 2.05) is 0 Å². The van der Waals surface area contributed by atoms with Crippen LogP contribution in [0.25, 0.3) is 0 Å². The Morgan fingerprint density at radius 1 is 1.09 bits per heavy atom. The zero-order valence-corrected chi connectivity index (χ0v) is 20.3. The topological polar surface area (TPSA) is 58.9 Å². The van der Waals surface area contributed by atoms with E-state index < -0.39 is 5.60 Å². The van der Waals surface area contributed by atoms with Gasteiger partial charge in [0.25, 0.3) is 0 Å². The largest absolute Gasteiger partial charge is 0.393 e. The van der Waals surface area contributed by atoms with Gasteiger partial charge in [-0.15, -0.1) is 0 Å². The van der Waals surface area contributed by atoms with Crippen LogP contribution in [0, 0.1) is 40.4 Å². The van der Waals surface area contributed by atoms with Gasteiger partial charge in [-0.05, 0) is 81.5 Å². The van der Waals surface area contributed by atoms with Crippen LogP contribution in [-0.4, -0.2) is 39.9 Å². The Hall–Kier alpha value is -0.680. The molecule has 0 amide bonds. The Labute approximate surface area is 193 Å². The molecule has 178 valence electrons. The van der Waals surface area contributed by atoms with Gasteiger partial charge < -0.3 is 19.7 Å². The normalized spacial score (nSPS) is 57.4. The molecule has 11 atom stereocenters. The molecule has 32 heavy (non-hydrogen) atoms. The molecule has 4 aliphatic carbocycles. The minimum atomic E-state index is -0.409. The molecule has 2 heterocycles. The Morgan fingerprint density at radius 2 is 1.88 bits per heavy atom. The van der Waals surface area contributed by atoms with Crippen LogP contribution in [0.15, 0.2) is 24.3 Å². The molecule has 4 heteroatoms. The maximum Gasteiger partial charge on any atom is 0.165 e. The zero-order chi connectivity index (χ0) is 22.7. The van der Waals surface area contributed by atoms with E-state index >= 15 is 0 Å². The van der Waals surface area contributed by atoms with Crippen LogP contribution >= 0.6 is 0 Å². The lowest BCUT2D eigenvalue weighted by Gasteiger charge is -2.59. The number of hydrogen-bond acceptors (Lipinski definition) is 4. The summed E-state index contributed by atoms with van der Waals surface area (Å²) in [5.74, 6) is 1.75. The third-order valence-electron chi connectivity index (χ3n) is 11.4. The van der Waals surface area contributed by atoms with Gasteiger partial charge in [-0.1, -0.05) is 45.1 Å². The first kappa shape index (κ1) is 21.8. The lowest BCUT2D eigenvalue weighted by atomic mass is 9.45. The molecule has 2 spiro atoms. The van der Waals surface area contributed by atoms with Gasteiger partial charge in [0.1, 0.15) is 0 Å². The second-order valence-corrected chi connectivity index (χ2v) is 13.0. The molecule has 2 N–H and O–H groups in total. The van der Waals surface area contributed by atoms with Crippen molar-refractivity contribution in [1.29, 1.82) is 0 Å². The number of rotatable bonds is 4. The van der Waals surface area contributed by atoms with Crippen molar-refractivity contribution in [2.24, 2.45) is 40.4 Å². The van der Waals surface area contributed by atoms with Crippen molar-refractivity contribution in [3.05, 3.63) is 24.3 Å². The Balaban J connectivity index is 1.36. The van der Waals surface area contributed by atoms with Gasteiger partial charge in [-0.3, -0.25) is 0 Å². The summed E-state index contributed by atoms with van der Waals surface area (Å²) in [6.07, 6.45) is 11.7. The van der Waals surface area contributed by atoms with Crippen molar-refractivity contribution in [2.45, 2.75) is 109 Å². The van der Waals surface area contributed by atoms with E-state index in [0.717, 1.165) is 51.4 Å². The van der Waals surface area contributed by atoms with Crippen LogP contribution in [-0.2, 0) is 9.47 Å². The molecule has 3 saturated carbocycles. The van der Waals surface area contributed by atoms with Gasteiger partial charge in [0, 0.05) is 17.3 Å². The van der Waals surface area contributed by atoms with Crippen LogP contribution in [0.2, 0.25) is 0 Å². The molecule has 0 aromatic heterocycles. The van der Waals surface area contributed by atoms with Crippen LogP contribution < -0.4 is 0 Å². The van der Waals surface area contributed by atoms with Crippen molar-refractivity contribution in [2.75, 3.05) is 0 Å². The highest BCUT2D eigenvalue weighted by atomic mass is 16.7. The maximum absolute atomic E-state index is 11.5. The first-order chi connectivity index (χ1) is 15.1. The fourth-order valence-corrected chi connectivity index (χ4v) is 9.59. The fourth-order valence-electron chi connectivity index (χ4n) is 9.59. The Bertz CT molecular complexity index is 850. The Morgan fingerprint density at radius 3 is 2.62 bits per heavy atom.